The molecule has 1 rings (SSSR count). The standard InChI is InChI=1S/C11H12N2O3S/c1-3-4-11(14)13(2)9-5-7-10(8-6-9)17(12,15)16/h1,5-8H,4H2,2H3,(H2,12,15,16). The average Bonchev–Trinajstić information content (AvgIpc) is 2.27. The highest BCUT2D eigenvalue weighted by Gasteiger charge is 2.11. The van der Waals surface area contributed by atoms with Crippen molar-refractivity contribution in [3.8, 4) is 12.3 Å². The van der Waals surface area contributed by atoms with Crippen molar-refractivity contribution in [3.63, 3.8) is 0 Å². The lowest BCUT2D eigenvalue weighted by Gasteiger charge is -2.16. The highest BCUT2D eigenvalue weighted by molar-refractivity contribution is 7.89. The molecule has 0 spiro atoms. The molecule has 17 heavy (non-hydrogen) atoms. The first-order valence-corrected chi connectivity index (χ1v) is 6.24. The van der Waals surface area contributed by atoms with Gasteiger partial charge in [0.2, 0.25) is 15.9 Å². The maximum absolute atomic E-state index is 11.5. The van der Waals surface area contributed by atoms with E-state index >= 15 is 0 Å². The minimum Gasteiger partial charge on any atom is -0.315 e. The number of primary sulfonamides is 1. The van der Waals surface area contributed by atoms with Gasteiger partial charge in [-0.1, -0.05) is 5.92 Å². The van der Waals surface area contributed by atoms with Crippen molar-refractivity contribution in [2.24, 2.45) is 5.14 Å². The summed E-state index contributed by atoms with van der Waals surface area (Å²) in [7, 11) is -2.15. The zero-order valence-corrected chi connectivity index (χ0v) is 10.1. The Hall–Kier alpha value is -1.84. The van der Waals surface area contributed by atoms with Crippen molar-refractivity contribution in [1.29, 1.82) is 0 Å². The molecular formula is C11H12N2O3S. The van der Waals surface area contributed by atoms with Crippen molar-refractivity contribution in [2.45, 2.75) is 11.3 Å². The summed E-state index contributed by atoms with van der Waals surface area (Å²) in [5, 5.41) is 4.96. The molecule has 1 amide bonds. The van der Waals surface area contributed by atoms with Crippen LogP contribution in [0.5, 0.6) is 0 Å². The van der Waals surface area contributed by atoms with E-state index in [1.807, 2.05) is 0 Å². The van der Waals surface area contributed by atoms with Crippen molar-refractivity contribution < 1.29 is 13.2 Å². The Morgan fingerprint density at radius 2 is 1.94 bits per heavy atom. The van der Waals surface area contributed by atoms with Crippen LogP contribution in [0.25, 0.3) is 0 Å². The Morgan fingerprint density at radius 1 is 1.41 bits per heavy atom. The van der Waals surface area contributed by atoms with E-state index < -0.39 is 10.0 Å². The molecule has 5 nitrogen and oxygen atoms in total. The second-order valence-electron chi connectivity index (χ2n) is 3.37. The molecule has 1 aromatic carbocycles. The molecule has 0 fully saturated rings. The molecule has 1 aromatic rings. The Morgan fingerprint density at radius 3 is 2.35 bits per heavy atom. The van der Waals surface area contributed by atoms with Gasteiger partial charge in [-0.25, -0.2) is 13.6 Å². The monoisotopic (exact) mass is 252 g/mol. The predicted molar refractivity (Wildman–Crippen MR) is 64.7 cm³/mol. The zero-order chi connectivity index (χ0) is 13.1. The zero-order valence-electron chi connectivity index (χ0n) is 9.25. The summed E-state index contributed by atoms with van der Waals surface area (Å²) in [6.45, 7) is 0. The number of benzene rings is 1. The molecule has 0 bridgehead atoms. The highest BCUT2D eigenvalue weighted by atomic mass is 32.2. The number of hydrogen-bond donors (Lipinski definition) is 1. The van der Waals surface area contributed by atoms with Crippen molar-refractivity contribution in [2.75, 3.05) is 11.9 Å². The molecule has 2 N–H and O–H groups in total. The van der Waals surface area contributed by atoms with Crippen LogP contribution in [0.4, 0.5) is 5.69 Å². The number of carbonyl (C=O) groups is 1. The van der Waals surface area contributed by atoms with Gasteiger partial charge in [-0.15, -0.1) is 6.42 Å². The molecule has 6 heteroatoms. The summed E-state index contributed by atoms with van der Waals surface area (Å²) < 4.78 is 22.0. The molecule has 0 unspecified atom stereocenters. The molecule has 0 aliphatic rings. The fourth-order valence-electron chi connectivity index (χ4n) is 1.21. The third kappa shape index (κ3) is 3.31. The van der Waals surface area contributed by atoms with Crippen molar-refractivity contribution in [3.05, 3.63) is 24.3 Å². The van der Waals surface area contributed by atoms with Gasteiger partial charge in [0.25, 0.3) is 0 Å². The number of rotatable bonds is 3. The lowest BCUT2D eigenvalue weighted by atomic mass is 10.3. The molecule has 0 aliphatic heterocycles. The van der Waals surface area contributed by atoms with Gasteiger partial charge in [-0.3, -0.25) is 4.79 Å². The predicted octanol–water partition coefficient (Wildman–Crippen LogP) is 0.320. The van der Waals surface area contributed by atoms with Gasteiger partial charge in [0.15, 0.2) is 0 Å². The van der Waals surface area contributed by atoms with Crippen LogP contribution >= 0.6 is 0 Å². The number of anilines is 1. The van der Waals surface area contributed by atoms with Crippen LogP contribution in [0.1, 0.15) is 6.42 Å². The molecule has 0 atom stereocenters. The summed E-state index contributed by atoms with van der Waals surface area (Å²) in [5.41, 5.74) is 0.553. The molecular weight excluding hydrogens is 240 g/mol. The molecule has 90 valence electrons. The van der Waals surface area contributed by atoms with E-state index in [4.69, 9.17) is 11.6 Å². The quantitative estimate of drug-likeness (QED) is 0.787. The molecule has 0 aromatic heterocycles. The normalized spacial score (nSPS) is 10.6. The highest BCUT2D eigenvalue weighted by Crippen LogP contribution is 2.16. The number of hydrogen-bond acceptors (Lipinski definition) is 3. The van der Waals surface area contributed by atoms with E-state index in [2.05, 4.69) is 5.92 Å². The Balaban J connectivity index is 2.96. The molecule has 0 saturated carbocycles. The number of nitrogens with two attached hydrogens (primary N) is 1. The third-order valence-corrected chi connectivity index (χ3v) is 3.11. The van der Waals surface area contributed by atoms with Crippen LogP contribution < -0.4 is 10.0 Å². The number of carbonyl (C=O) groups excluding carboxylic acids is 1. The van der Waals surface area contributed by atoms with Gasteiger partial charge in [-0.05, 0) is 24.3 Å². The number of amides is 1. The van der Waals surface area contributed by atoms with Crippen LogP contribution in [0.2, 0.25) is 0 Å². The lowest BCUT2D eigenvalue weighted by Crippen LogP contribution is -2.25. The van der Waals surface area contributed by atoms with Gasteiger partial charge in [0.05, 0.1) is 11.3 Å². The fraction of sp³-hybridized carbons (Fsp3) is 0.182. The topological polar surface area (TPSA) is 80.5 Å². The van der Waals surface area contributed by atoms with Crippen LogP contribution in [0.3, 0.4) is 0 Å². The molecule has 0 radical (unpaired) electrons. The van der Waals surface area contributed by atoms with E-state index in [9.17, 15) is 13.2 Å². The van der Waals surface area contributed by atoms with Gasteiger partial charge in [0, 0.05) is 12.7 Å². The van der Waals surface area contributed by atoms with Crippen LogP contribution in [-0.2, 0) is 14.8 Å². The summed E-state index contributed by atoms with van der Waals surface area (Å²) in [5.74, 6) is 2.01. The summed E-state index contributed by atoms with van der Waals surface area (Å²) in [6.07, 6.45) is 5.03. The second-order valence-corrected chi connectivity index (χ2v) is 4.93. The Labute approximate surface area is 100 Å². The van der Waals surface area contributed by atoms with E-state index in [1.54, 1.807) is 7.05 Å². The van der Waals surface area contributed by atoms with E-state index in [1.165, 1.54) is 29.2 Å². The average molecular weight is 252 g/mol. The SMILES string of the molecule is C#CCC(=O)N(C)c1ccc(S(N)(=O)=O)cc1. The molecule has 0 aliphatic carbocycles. The van der Waals surface area contributed by atoms with E-state index in [-0.39, 0.29) is 17.2 Å². The summed E-state index contributed by atoms with van der Waals surface area (Å²) in [4.78, 5) is 12.8. The first-order chi connectivity index (χ1) is 7.86. The minimum atomic E-state index is -3.71. The lowest BCUT2D eigenvalue weighted by molar-refractivity contribution is -0.117. The first kappa shape index (κ1) is 13.2. The van der Waals surface area contributed by atoms with Gasteiger partial charge < -0.3 is 4.90 Å². The van der Waals surface area contributed by atoms with Gasteiger partial charge in [-0.2, -0.15) is 0 Å². The van der Waals surface area contributed by atoms with Gasteiger partial charge >= 0.3 is 0 Å². The molecule has 0 saturated heterocycles. The number of nitrogens with zero attached hydrogens (tertiary/aromatic N) is 1. The largest absolute Gasteiger partial charge is 0.315 e. The van der Waals surface area contributed by atoms with E-state index in [0.29, 0.717) is 5.69 Å². The van der Waals surface area contributed by atoms with Gasteiger partial charge in [0.1, 0.15) is 0 Å². The number of terminal acetylenes is 1. The Kier molecular flexibility index (Phi) is 3.89. The van der Waals surface area contributed by atoms with Crippen LogP contribution in [0, 0.1) is 12.3 Å². The van der Waals surface area contributed by atoms with Crippen molar-refractivity contribution >= 4 is 21.6 Å². The summed E-state index contributed by atoms with van der Waals surface area (Å²) in [6, 6.07) is 5.66. The second kappa shape index (κ2) is 4.99. The third-order valence-electron chi connectivity index (χ3n) is 2.18. The van der Waals surface area contributed by atoms with Crippen LogP contribution in [-0.4, -0.2) is 21.4 Å². The van der Waals surface area contributed by atoms with Crippen molar-refractivity contribution in [1.82, 2.24) is 0 Å². The summed E-state index contributed by atoms with van der Waals surface area (Å²) >= 11 is 0. The fourth-order valence-corrected chi connectivity index (χ4v) is 1.72. The first-order valence-electron chi connectivity index (χ1n) is 4.69. The van der Waals surface area contributed by atoms with Crippen LogP contribution in [0.15, 0.2) is 29.2 Å². The maximum Gasteiger partial charge on any atom is 0.238 e. The number of sulfonamides is 1. The molecule has 0 heterocycles. The smallest absolute Gasteiger partial charge is 0.238 e. The van der Waals surface area contributed by atoms with E-state index in [0.717, 1.165) is 0 Å². The maximum atomic E-state index is 11.5. The minimum absolute atomic E-state index is 0.000881. The Bertz CT molecular complexity index is 555.